The maximum absolute atomic E-state index is 13.8. The third-order valence-corrected chi connectivity index (χ3v) is 9.54. The summed E-state index contributed by atoms with van der Waals surface area (Å²) in [7, 11) is 1.52. The maximum Gasteiger partial charge on any atom is 0.255 e. The zero-order valence-corrected chi connectivity index (χ0v) is 22.4. The Labute approximate surface area is 235 Å². The molecular weight excluding hydrogens is 528 g/mol. The number of fused-ring (bicyclic) bond motifs is 2. The van der Waals surface area contributed by atoms with Crippen LogP contribution in [0.5, 0.6) is 5.75 Å². The first-order chi connectivity index (χ1) is 19.7. The van der Waals surface area contributed by atoms with E-state index in [1.165, 1.54) is 12.0 Å². The van der Waals surface area contributed by atoms with Crippen LogP contribution >= 0.6 is 0 Å². The van der Waals surface area contributed by atoms with Gasteiger partial charge in [0, 0.05) is 31.2 Å². The molecule has 0 radical (unpaired) electrons. The highest BCUT2D eigenvalue weighted by atomic mass is 16.5. The molecule has 0 aromatic heterocycles. The molecule has 7 N–H and O–H groups in total. The zero-order chi connectivity index (χ0) is 28.6. The first-order valence-electron chi connectivity index (χ1n) is 13.9. The Kier molecular flexibility index (Phi) is 5.65. The van der Waals surface area contributed by atoms with Crippen molar-refractivity contribution in [3.05, 3.63) is 42.0 Å². The van der Waals surface area contributed by atoms with Gasteiger partial charge in [0.2, 0.25) is 11.8 Å². The number of guanidine groups is 2. The van der Waals surface area contributed by atoms with E-state index in [0.29, 0.717) is 17.7 Å². The summed E-state index contributed by atoms with van der Waals surface area (Å²) in [5.74, 6) is -0.821. The van der Waals surface area contributed by atoms with E-state index in [9.17, 15) is 19.5 Å². The second-order valence-corrected chi connectivity index (χ2v) is 11.5. The predicted molar refractivity (Wildman–Crippen MR) is 147 cm³/mol. The number of benzene rings is 2. The van der Waals surface area contributed by atoms with Crippen LogP contribution in [0.1, 0.15) is 29.6 Å². The first kappa shape index (κ1) is 25.6. The molecule has 4 heterocycles. The van der Waals surface area contributed by atoms with Crippen LogP contribution in [0, 0.1) is 22.7 Å². The van der Waals surface area contributed by atoms with Gasteiger partial charge in [-0.25, -0.2) is 0 Å². The average molecular weight is 561 g/mol. The molecule has 4 unspecified atom stereocenters. The summed E-state index contributed by atoms with van der Waals surface area (Å²) in [4.78, 5) is 41.7. The van der Waals surface area contributed by atoms with Crippen LogP contribution in [0.15, 0.2) is 36.4 Å². The third kappa shape index (κ3) is 3.61. The first-order valence-corrected chi connectivity index (χ1v) is 13.9. The van der Waals surface area contributed by atoms with Crippen molar-refractivity contribution < 1.29 is 24.2 Å². The molecule has 13 nitrogen and oxygen atoms in total. The van der Waals surface area contributed by atoms with Crippen LogP contribution in [-0.4, -0.2) is 94.6 Å². The predicted octanol–water partition coefficient (Wildman–Crippen LogP) is -0.493. The molecular formula is C28H32N8O5. The number of aliphatic hydroxyl groups excluding tert-OH is 1. The number of amides is 3. The van der Waals surface area contributed by atoms with E-state index in [1.807, 2.05) is 35.2 Å². The topological polar surface area (TPSA) is 183 Å². The van der Waals surface area contributed by atoms with Gasteiger partial charge in [0.1, 0.15) is 11.4 Å². The molecule has 5 fully saturated rings. The number of carbonyl (C=O) groups excluding carboxylic acids is 3. The van der Waals surface area contributed by atoms with Crippen molar-refractivity contribution >= 4 is 40.4 Å². The standard InChI is InChI=1S/C28H32N8O5/c1-41-19-7-6-13-4-2-3-5-14(13)22(19)25(40)31-16-12-36-27(30)32-17(11-35-20(38)8-9-21(35)39)24-28(36,34-26(29)33-24)15-10-18(37)23(15)16/h2-7,15-18,23-24,37H,8-12H2,1H3,(H2,30,32)(H,31,40)(H3,29,33,34)/t15?,16?,17-,18?,23-,24-,28?/m0/s1. The van der Waals surface area contributed by atoms with E-state index in [1.54, 1.807) is 6.07 Å². The molecule has 1 saturated carbocycles. The summed E-state index contributed by atoms with van der Waals surface area (Å²) < 4.78 is 5.54. The van der Waals surface area contributed by atoms with Crippen LogP contribution in [-0.2, 0) is 9.59 Å². The quantitative estimate of drug-likeness (QED) is 0.237. The number of hydrogen-bond acceptors (Lipinski definition) is 7. The van der Waals surface area contributed by atoms with Gasteiger partial charge in [-0.1, -0.05) is 30.3 Å². The molecule has 2 aromatic carbocycles. The smallest absolute Gasteiger partial charge is 0.255 e. The molecule has 3 amide bonds. The van der Waals surface area contributed by atoms with Gasteiger partial charge in [-0.3, -0.25) is 30.1 Å². The monoisotopic (exact) mass is 560 g/mol. The van der Waals surface area contributed by atoms with Gasteiger partial charge in [0.25, 0.3) is 5.91 Å². The van der Waals surface area contributed by atoms with Crippen LogP contribution < -0.4 is 26.0 Å². The van der Waals surface area contributed by atoms with Gasteiger partial charge in [0.15, 0.2) is 11.9 Å². The number of carbonyl (C=O) groups is 3. The molecule has 214 valence electrons. The number of nitrogens with one attached hydrogen (secondary N) is 6. The van der Waals surface area contributed by atoms with Gasteiger partial charge >= 0.3 is 0 Å². The van der Waals surface area contributed by atoms with E-state index < -0.39 is 29.9 Å². The van der Waals surface area contributed by atoms with Crippen molar-refractivity contribution in [2.24, 2.45) is 11.8 Å². The van der Waals surface area contributed by atoms with Gasteiger partial charge in [-0.05, 0) is 23.3 Å². The highest BCUT2D eigenvalue weighted by molar-refractivity contribution is 6.09. The normalized spacial score (nSPS) is 33.7. The fraction of sp³-hybridized carbons (Fsp3) is 0.464. The highest BCUT2D eigenvalue weighted by Gasteiger charge is 2.70. The maximum atomic E-state index is 13.8. The lowest BCUT2D eigenvalue weighted by Crippen LogP contribution is -2.86. The summed E-state index contributed by atoms with van der Waals surface area (Å²) in [6.45, 7) is 0.277. The van der Waals surface area contributed by atoms with Crippen molar-refractivity contribution in [2.75, 3.05) is 20.2 Å². The van der Waals surface area contributed by atoms with Gasteiger partial charge in [-0.2, -0.15) is 0 Å². The van der Waals surface area contributed by atoms with Crippen molar-refractivity contribution in [3.63, 3.8) is 0 Å². The minimum absolute atomic E-state index is 0.0659. The lowest BCUT2D eigenvalue weighted by molar-refractivity contribution is -0.165. The fourth-order valence-electron chi connectivity index (χ4n) is 7.71. The number of imide groups is 1. The fourth-order valence-corrected chi connectivity index (χ4v) is 7.71. The third-order valence-electron chi connectivity index (χ3n) is 9.54. The minimum Gasteiger partial charge on any atom is -0.496 e. The number of methoxy groups -OCH3 is 1. The SMILES string of the molecule is COc1ccc2ccccc2c1C(=O)NC1CN2C(=N)N[C@@H](CN3C(=O)CCC3=O)[C@@H]3NC(=N)NC32C2CC(O)[C@H]12. The minimum atomic E-state index is -0.946. The second-order valence-electron chi connectivity index (χ2n) is 11.5. The van der Waals surface area contributed by atoms with Crippen LogP contribution in [0.2, 0.25) is 0 Å². The zero-order valence-electron chi connectivity index (χ0n) is 22.4. The average Bonchev–Trinajstić information content (AvgIpc) is 3.46. The van der Waals surface area contributed by atoms with Gasteiger partial charge < -0.3 is 36.0 Å². The molecule has 7 rings (SSSR count). The Morgan fingerprint density at radius 1 is 1.15 bits per heavy atom. The van der Waals surface area contributed by atoms with E-state index in [2.05, 4.69) is 21.3 Å². The number of ether oxygens (including phenoxy) is 1. The van der Waals surface area contributed by atoms with Crippen molar-refractivity contribution in [1.29, 1.82) is 10.8 Å². The Bertz CT molecular complexity index is 1500. The Morgan fingerprint density at radius 3 is 2.63 bits per heavy atom. The largest absolute Gasteiger partial charge is 0.496 e. The molecule has 13 heteroatoms. The van der Waals surface area contributed by atoms with E-state index in [4.69, 9.17) is 15.6 Å². The summed E-state index contributed by atoms with van der Waals surface area (Å²) in [6.07, 6.45) is 0.0709. The number of nitrogens with zero attached hydrogens (tertiary/aromatic N) is 2. The summed E-state index contributed by atoms with van der Waals surface area (Å²) in [5.41, 5.74) is -0.540. The number of hydrogen-bond donors (Lipinski definition) is 7. The van der Waals surface area contributed by atoms with E-state index >= 15 is 0 Å². The van der Waals surface area contributed by atoms with Crippen LogP contribution in [0.3, 0.4) is 0 Å². The molecule has 2 aromatic rings. The van der Waals surface area contributed by atoms with Crippen LogP contribution in [0.25, 0.3) is 10.8 Å². The van der Waals surface area contributed by atoms with Crippen molar-refractivity contribution in [3.8, 4) is 5.75 Å². The molecule has 41 heavy (non-hydrogen) atoms. The molecule has 5 aliphatic rings. The highest BCUT2D eigenvalue weighted by Crippen LogP contribution is 2.53. The molecule has 1 aliphatic carbocycles. The summed E-state index contributed by atoms with van der Waals surface area (Å²) in [6, 6.07) is 9.73. The number of aliphatic hydroxyl groups is 1. The number of likely N-dealkylation sites (tertiary alicyclic amines) is 1. The number of piperidine rings is 1. The summed E-state index contributed by atoms with van der Waals surface area (Å²) >= 11 is 0. The van der Waals surface area contributed by atoms with Gasteiger partial charge in [-0.15, -0.1) is 0 Å². The molecule has 7 atom stereocenters. The second kappa shape index (κ2) is 9.06. The summed E-state index contributed by atoms with van der Waals surface area (Å²) in [5, 5.41) is 42.8. The van der Waals surface area contributed by atoms with Crippen molar-refractivity contribution in [1.82, 2.24) is 31.1 Å². The lowest BCUT2D eigenvalue weighted by Gasteiger charge is -2.66. The Hall–Kier alpha value is -4.39. The van der Waals surface area contributed by atoms with E-state index in [0.717, 1.165) is 10.8 Å². The Morgan fingerprint density at radius 2 is 1.90 bits per heavy atom. The molecule has 1 spiro atoms. The number of rotatable bonds is 5. The Balaban J connectivity index is 1.21. The molecule has 4 saturated heterocycles. The molecule has 4 aliphatic heterocycles. The van der Waals surface area contributed by atoms with Gasteiger partial charge in [0.05, 0.1) is 43.4 Å². The van der Waals surface area contributed by atoms with E-state index in [-0.39, 0.29) is 67.4 Å². The van der Waals surface area contributed by atoms with Crippen molar-refractivity contribution in [2.45, 2.75) is 49.2 Å². The molecule has 0 bridgehead atoms. The van der Waals surface area contributed by atoms with Crippen LogP contribution in [0.4, 0.5) is 0 Å². The lowest BCUT2D eigenvalue weighted by atomic mass is 9.56.